The zero-order chi connectivity index (χ0) is 23.8. The highest BCUT2D eigenvalue weighted by atomic mass is 35.5. The Bertz CT molecular complexity index is 1320. The van der Waals surface area contributed by atoms with Crippen LogP contribution in [0.5, 0.6) is 0 Å². The van der Waals surface area contributed by atoms with Crippen molar-refractivity contribution < 1.29 is 19.4 Å². The van der Waals surface area contributed by atoms with Crippen molar-refractivity contribution in [3.8, 4) is 21.3 Å². The summed E-state index contributed by atoms with van der Waals surface area (Å²) in [7, 11) is 0. The van der Waals surface area contributed by atoms with E-state index < -0.39 is 11.6 Å². The minimum Gasteiger partial charge on any atom is -0.476 e. The second-order valence-electron chi connectivity index (χ2n) is 7.49. The quantitative estimate of drug-likeness (QED) is 0.269. The highest BCUT2D eigenvalue weighted by molar-refractivity contribution is 7.98. The highest BCUT2D eigenvalue weighted by Crippen LogP contribution is 2.44. The summed E-state index contributed by atoms with van der Waals surface area (Å²) < 4.78 is 5.49. The van der Waals surface area contributed by atoms with Crippen molar-refractivity contribution in [2.24, 2.45) is 0 Å². The zero-order valence-electron chi connectivity index (χ0n) is 17.4. The van der Waals surface area contributed by atoms with E-state index in [1.165, 1.54) is 25.6 Å². The number of aliphatic hydroxyl groups is 1. The fourth-order valence-electron chi connectivity index (χ4n) is 2.85. The maximum Gasteiger partial charge on any atom is 0.356 e. The molecule has 0 atom stereocenters. The Kier molecular flexibility index (Phi) is 6.78. The Morgan fingerprint density at radius 3 is 2.48 bits per heavy atom. The predicted molar refractivity (Wildman–Crippen MR) is 129 cm³/mol. The fourth-order valence-corrected chi connectivity index (χ4v) is 5.47. The lowest BCUT2D eigenvalue weighted by Crippen LogP contribution is -2.15. The van der Waals surface area contributed by atoms with Crippen LogP contribution >= 0.6 is 46.3 Å². The molecule has 0 saturated carbocycles. The molecule has 33 heavy (non-hydrogen) atoms. The molecule has 0 amide bonds. The molecule has 0 aliphatic rings. The van der Waals surface area contributed by atoms with Crippen LogP contribution in [0.2, 0.25) is 10.0 Å². The smallest absolute Gasteiger partial charge is 0.356 e. The molecule has 0 radical (unpaired) electrons. The van der Waals surface area contributed by atoms with Crippen molar-refractivity contribution in [3.05, 3.63) is 69.7 Å². The number of aromatic carboxylic acids is 1. The lowest BCUT2D eigenvalue weighted by atomic mass is 10.1. The van der Waals surface area contributed by atoms with Crippen LogP contribution < -0.4 is 0 Å². The number of carboxylic acid groups (broad SMARTS) is 1. The molecule has 0 aliphatic carbocycles. The van der Waals surface area contributed by atoms with E-state index in [1.807, 2.05) is 30.3 Å². The number of rotatable bonds is 7. The molecule has 4 rings (SSSR count). The van der Waals surface area contributed by atoms with Crippen molar-refractivity contribution >= 4 is 52.3 Å². The first-order valence-corrected chi connectivity index (χ1v) is 12.2. The van der Waals surface area contributed by atoms with Gasteiger partial charge in [0.15, 0.2) is 10.7 Å². The van der Waals surface area contributed by atoms with Crippen LogP contribution in [0, 0.1) is 0 Å². The Hall–Kier alpha value is -2.43. The number of hydrogen-bond donors (Lipinski definition) is 2. The first-order valence-electron chi connectivity index (χ1n) is 9.61. The van der Waals surface area contributed by atoms with Gasteiger partial charge in [-0.2, -0.15) is 0 Å². The van der Waals surface area contributed by atoms with E-state index in [-0.39, 0.29) is 27.5 Å². The van der Waals surface area contributed by atoms with E-state index >= 15 is 0 Å². The van der Waals surface area contributed by atoms with Crippen LogP contribution in [0.1, 0.15) is 35.8 Å². The third-order valence-corrected chi connectivity index (χ3v) is 7.69. The second kappa shape index (κ2) is 9.44. The molecular formula is C22H17Cl2N3O4S2. The summed E-state index contributed by atoms with van der Waals surface area (Å²) in [6.07, 6.45) is 0. The molecule has 170 valence electrons. The topological polar surface area (TPSA) is 109 Å². The number of hydrogen-bond acceptors (Lipinski definition) is 8. The van der Waals surface area contributed by atoms with E-state index in [4.69, 9.17) is 27.6 Å². The molecule has 2 heterocycles. The number of carboxylic acids is 1. The second-order valence-corrected chi connectivity index (χ2v) is 10.3. The summed E-state index contributed by atoms with van der Waals surface area (Å²) in [5.74, 6) is -0.526. The number of halogens is 2. The van der Waals surface area contributed by atoms with Gasteiger partial charge in [0.1, 0.15) is 5.60 Å². The Morgan fingerprint density at radius 2 is 1.85 bits per heavy atom. The monoisotopic (exact) mass is 521 g/mol. The zero-order valence-corrected chi connectivity index (χ0v) is 20.5. The van der Waals surface area contributed by atoms with Gasteiger partial charge in [0.05, 0.1) is 14.9 Å². The SMILES string of the molecule is CC(C)(O)c1nnc(-c2nc(C(=O)O)c(-c3ccc(SCc4ccccc4)c(Cl)c3Cl)s2)o1. The average Bonchev–Trinajstić information content (AvgIpc) is 3.43. The Balaban J connectivity index is 1.69. The molecule has 7 nitrogen and oxygen atoms in total. The molecule has 11 heteroatoms. The van der Waals surface area contributed by atoms with Crippen molar-refractivity contribution in [1.29, 1.82) is 0 Å². The minimum absolute atomic E-state index is 0.00290. The van der Waals surface area contributed by atoms with Gasteiger partial charge < -0.3 is 14.6 Å². The van der Waals surface area contributed by atoms with Crippen LogP contribution in [-0.4, -0.2) is 31.4 Å². The van der Waals surface area contributed by atoms with E-state index in [1.54, 1.807) is 12.1 Å². The van der Waals surface area contributed by atoms with E-state index in [9.17, 15) is 15.0 Å². The van der Waals surface area contributed by atoms with Crippen LogP contribution in [0.4, 0.5) is 0 Å². The lowest BCUT2D eigenvalue weighted by Gasteiger charge is -2.10. The number of thioether (sulfide) groups is 1. The van der Waals surface area contributed by atoms with Gasteiger partial charge in [0, 0.05) is 16.2 Å². The summed E-state index contributed by atoms with van der Waals surface area (Å²) >= 11 is 15.7. The first-order chi connectivity index (χ1) is 15.6. The molecule has 0 saturated heterocycles. The Morgan fingerprint density at radius 1 is 1.12 bits per heavy atom. The molecule has 2 aromatic carbocycles. The third-order valence-electron chi connectivity index (χ3n) is 4.49. The maximum absolute atomic E-state index is 11.9. The van der Waals surface area contributed by atoms with Gasteiger partial charge in [0.25, 0.3) is 5.89 Å². The largest absolute Gasteiger partial charge is 0.476 e. The van der Waals surface area contributed by atoms with Gasteiger partial charge in [0.2, 0.25) is 5.89 Å². The molecule has 0 fully saturated rings. The van der Waals surface area contributed by atoms with Crippen LogP contribution in [0.3, 0.4) is 0 Å². The Labute approximate surface area is 207 Å². The molecule has 0 bridgehead atoms. The normalized spacial score (nSPS) is 11.7. The number of nitrogens with zero attached hydrogens (tertiary/aromatic N) is 3. The van der Waals surface area contributed by atoms with Gasteiger partial charge in [-0.15, -0.1) is 33.3 Å². The number of carbonyl (C=O) groups is 1. The predicted octanol–water partition coefficient (Wildman–Crippen LogP) is 6.38. The van der Waals surface area contributed by atoms with Gasteiger partial charge in [-0.05, 0) is 25.5 Å². The number of aromatic nitrogens is 3. The number of benzene rings is 2. The standard InChI is InChI=1S/C22H17Cl2N3O4S2/c1-22(2,30)21-27-26-18(31-21)19-25-16(20(28)29)17(33-19)12-8-9-13(15(24)14(12)23)32-10-11-6-4-3-5-7-11/h3-9,30H,10H2,1-2H3,(H,28,29). The van der Waals surface area contributed by atoms with E-state index in [0.29, 0.717) is 21.2 Å². The molecule has 2 N–H and O–H groups in total. The van der Waals surface area contributed by atoms with Crippen LogP contribution in [-0.2, 0) is 11.4 Å². The molecular weight excluding hydrogens is 505 g/mol. The van der Waals surface area contributed by atoms with Gasteiger partial charge in [-0.25, -0.2) is 9.78 Å². The average molecular weight is 522 g/mol. The van der Waals surface area contributed by atoms with Gasteiger partial charge >= 0.3 is 5.97 Å². The maximum atomic E-state index is 11.9. The summed E-state index contributed by atoms with van der Waals surface area (Å²) in [6, 6.07) is 13.5. The van der Waals surface area contributed by atoms with Crippen LogP contribution in [0.15, 0.2) is 51.8 Å². The van der Waals surface area contributed by atoms with Crippen molar-refractivity contribution in [2.45, 2.75) is 30.1 Å². The van der Waals surface area contributed by atoms with Crippen molar-refractivity contribution in [3.63, 3.8) is 0 Å². The summed E-state index contributed by atoms with van der Waals surface area (Å²) in [6.45, 7) is 3.00. The molecule has 0 aliphatic heterocycles. The molecule has 2 aromatic heterocycles. The van der Waals surface area contributed by atoms with E-state index in [2.05, 4.69) is 15.2 Å². The summed E-state index contributed by atoms with van der Waals surface area (Å²) in [4.78, 5) is 17.1. The van der Waals surface area contributed by atoms with Gasteiger partial charge in [-0.1, -0.05) is 59.6 Å². The summed E-state index contributed by atoms with van der Waals surface area (Å²) in [5.41, 5.74) is 0.0317. The minimum atomic E-state index is -1.34. The molecule has 0 spiro atoms. The highest BCUT2D eigenvalue weighted by Gasteiger charge is 2.28. The lowest BCUT2D eigenvalue weighted by molar-refractivity contribution is 0.0487. The number of thiazole rings is 1. The molecule has 4 aromatic rings. The molecule has 0 unspecified atom stereocenters. The van der Waals surface area contributed by atoms with E-state index in [0.717, 1.165) is 21.8 Å². The van der Waals surface area contributed by atoms with Gasteiger partial charge in [-0.3, -0.25) is 0 Å². The fraction of sp³-hybridized carbons (Fsp3) is 0.182. The van der Waals surface area contributed by atoms with Crippen molar-refractivity contribution in [2.75, 3.05) is 0 Å². The van der Waals surface area contributed by atoms with Crippen LogP contribution in [0.25, 0.3) is 21.3 Å². The summed E-state index contributed by atoms with van der Waals surface area (Å²) in [5, 5.41) is 28.2. The third kappa shape index (κ3) is 5.07. The first kappa shape index (κ1) is 23.7. The van der Waals surface area contributed by atoms with Crippen molar-refractivity contribution in [1.82, 2.24) is 15.2 Å².